The molecule has 0 spiro atoms. The van der Waals surface area contributed by atoms with Crippen molar-refractivity contribution in [1.29, 1.82) is 0 Å². The molecule has 2 aliphatic rings. The Labute approximate surface area is 183 Å². The zero-order valence-corrected chi connectivity index (χ0v) is 18.5. The van der Waals surface area contributed by atoms with Gasteiger partial charge in [0.2, 0.25) is 6.10 Å². The van der Waals surface area contributed by atoms with Crippen molar-refractivity contribution in [3.05, 3.63) is 52.5 Å². The number of carbonyl (C=O) groups is 1. The molecule has 0 aromatic heterocycles. The Morgan fingerprint density at radius 1 is 1.10 bits per heavy atom. The minimum atomic E-state index is -0.604. The molecule has 1 unspecified atom stereocenters. The van der Waals surface area contributed by atoms with E-state index >= 15 is 0 Å². The average molecular weight is 476 g/mol. The molecule has 2 aromatic carbocycles. The molecule has 1 N–H and O–H groups in total. The molecule has 2 aromatic rings. The first-order valence-corrected chi connectivity index (χ1v) is 10.7. The number of para-hydroxylation sites is 2. The predicted molar refractivity (Wildman–Crippen MR) is 120 cm³/mol. The number of carbonyl (C=O) groups excluding carboxylic acids is 1. The molecule has 4 rings (SSSR count). The molecule has 0 radical (unpaired) electrons. The van der Waals surface area contributed by atoms with Crippen LogP contribution in [0.25, 0.3) is 0 Å². The SMILES string of the molecule is Cc1cc(NC(=S)N2CCN(C(=O)C3COc4ccccc4O3)CC2)ccc1Br. The standard InChI is InChI=1S/C21H22BrN3O3S/c1-14-12-15(6-7-16(14)22)23-21(29)25-10-8-24(9-11-25)20(26)19-13-27-17-4-2-3-5-18(17)28-19/h2-7,12,19H,8-11,13H2,1H3,(H,23,29). The molecule has 2 heterocycles. The highest BCUT2D eigenvalue weighted by atomic mass is 79.9. The number of nitrogens with zero attached hydrogens (tertiary/aromatic N) is 2. The van der Waals surface area contributed by atoms with E-state index in [1.165, 1.54) is 0 Å². The fourth-order valence-corrected chi connectivity index (χ4v) is 3.95. The van der Waals surface area contributed by atoms with E-state index in [0.717, 1.165) is 15.7 Å². The van der Waals surface area contributed by atoms with Crippen molar-refractivity contribution in [1.82, 2.24) is 9.80 Å². The lowest BCUT2D eigenvalue weighted by molar-refractivity contribution is -0.142. The minimum absolute atomic E-state index is 0.0402. The second kappa shape index (κ2) is 8.59. The van der Waals surface area contributed by atoms with Crippen LogP contribution in [0.15, 0.2) is 46.9 Å². The predicted octanol–water partition coefficient (Wildman–Crippen LogP) is 3.44. The Bertz CT molecular complexity index is 931. The van der Waals surface area contributed by atoms with Crippen LogP contribution < -0.4 is 14.8 Å². The Morgan fingerprint density at radius 3 is 2.52 bits per heavy atom. The minimum Gasteiger partial charge on any atom is -0.485 e. The maximum atomic E-state index is 12.8. The average Bonchev–Trinajstić information content (AvgIpc) is 2.75. The Kier molecular flexibility index (Phi) is 5.91. The number of anilines is 1. The molecule has 8 heteroatoms. The van der Waals surface area contributed by atoms with E-state index in [1.807, 2.05) is 48.2 Å². The number of piperazine rings is 1. The highest BCUT2D eigenvalue weighted by Gasteiger charge is 2.33. The highest BCUT2D eigenvalue weighted by molar-refractivity contribution is 9.10. The van der Waals surface area contributed by atoms with Gasteiger partial charge in [-0.2, -0.15) is 0 Å². The van der Waals surface area contributed by atoms with Crippen LogP contribution in [-0.4, -0.2) is 59.7 Å². The smallest absolute Gasteiger partial charge is 0.267 e. The van der Waals surface area contributed by atoms with Gasteiger partial charge in [-0.15, -0.1) is 0 Å². The summed E-state index contributed by atoms with van der Waals surface area (Å²) >= 11 is 9.07. The number of halogens is 1. The number of hydrogen-bond acceptors (Lipinski definition) is 4. The van der Waals surface area contributed by atoms with Gasteiger partial charge in [-0.05, 0) is 55.0 Å². The fourth-order valence-electron chi connectivity index (χ4n) is 3.40. The number of thiocarbonyl (C=S) groups is 1. The summed E-state index contributed by atoms with van der Waals surface area (Å²) in [5, 5.41) is 3.96. The molecule has 152 valence electrons. The fraction of sp³-hybridized carbons (Fsp3) is 0.333. The van der Waals surface area contributed by atoms with E-state index in [0.29, 0.717) is 42.8 Å². The van der Waals surface area contributed by atoms with Crippen LogP contribution in [0, 0.1) is 6.92 Å². The quantitative estimate of drug-likeness (QED) is 0.671. The molecule has 0 saturated carbocycles. The number of fused-ring (bicyclic) bond motifs is 1. The van der Waals surface area contributed by atoms with Crippen molar-refractivity contribution < 1.29 is 14.3 Å². The van der Waals surface area contributed by atoms with Crippen molar-refractivity contribution in [2.24, 2.45) is 0 Å². The number of aryl methyl sites for hydroxylation is 1. The Morgan fingerprint density at radius 2 is 1.79 bits per heavy atom. The van der Waals surface area contributed by atoms with Crippen LogP contribution in [0.4, 0.5) is 5.69 Å². The van der Waals surface area contributed by atoms with E-state index in [2.05, 4.69) is 32.2 Å². The third-order valence-corrected chi connectivity index (χ3v) is 6.32. The van der Waals surface area contributed by atoms with E-state index in [4.69, 9.17) is 21.7 Å². The lowest BCUT2D eigenvalue weighted by atomic mass is 10.2. The third-order valence-electron chi connectivity index (χ3n) is 5.07. The first-order valence-electron chi connectivity index (χ1n) is 9.50. The summed E-state index contributed by atoms with van der Waals surface area (Å²) in [6, 6.07) is 13.5. The van der Waals surface area contributed by atoms with E-state index in [-0.39, 0.29) is 12.5 Å². The van der Waals surface area contributed by atoms with Crippen LogP contribution >= 0.6 is 28.1 Å². The lowest BCUT2D eigenvalue weighted by Gasteiger charge is -2.38. The highest BCUT2D eigenvalue weighted by Crippen LogP contribution is 2.31. The summed E-state index contributed by atoms with van der Waals surface area (Å²) in [4.78, 5) is 16.8. The van der Waals surface area contributed by atoms with Gasteiger partial charge in [0.25, 0.3) is 5.91 Å². The van der Waals surface area contributed by atoms with Crippen molar-refractivity contribution in [2.75, 3.05) is 38.1 Å². The van der Waals surface area contributed by atoms with Crippen molar-refractivity contribution >= 4 is 44.9 Å². The molecule has 1 fully saturated rings. The summed E-state index contributed by atoms with van der Waals surface area (Å²) in [6.07, 6.45) is -0.604. The normalized spacial score (nSPS) is 18.3. The molecular formula is C21H22BrN3O3S. The maximum Gasteiger partial charge on any atom is 0.267 e. The van der Waals surface area contributed by atoms with E-state index in [9.17, 15) is 4.79 Å². The molecule has 29 heavy (non-hydrogen) atoms. The first kappa shape index (κ1) is 20.0. The Hall–Kier alpha value is -2.32. The summed E-state index contributed by atoms with van der Waals surface area (Å²) in [5.74, 6) is 1.26. The van der Waals surface area contributed by atoms with Gasteiger partial charge in [-0.25, -0.2) is 0 Å². The molecule has 0 bridgehead atoms. The number of amides is 1. The van der Waals surface area contributed by atoms with Crippen LogP contribution in [0.2, 0.25) is 0 Å². The van der Waals surface area contributed by atoms with Crippen LogP contribution in [-0.2, 0) is 4.79 Å². The van der Waals surface area contributed by atoms with Gasteiger partial charge in [-0.1, -0.05) is 28.1 Å². The lowest BCUT2D eigenvalue weighted by Crippen LogP contribution is -2.55. The largest absolute Gasteiger partial charge is 0.485 e. The molecule has 1 atom stereocenters. The van der Waals surface area contributed by atoms with E-state index in [1.54, 1.807) is 0 Å². The first-order chi connectivity index (χ1) is 14.0. The van der Waals surface area contributed by atoms with Crippen LogP contribution in [0.1, 0.15) is 5.56 Å². The number of hydrogen-bond donors (Lipinski definition) is 1. The van der Waals surface area contributed by atoms with Gasteiger partial charge in [0.1, 0.15) is 6.61 Å². The van der Waals surface area contributed by atoms with Gasteiger partial charge in [-0.3, -0.25) is 4.79 Å². The molecular weight excluding hydrogens is 454 g/mol. The monoisotopic (exact) mass is 475 g/mol. The maximum absolute atomic E-state index is 12.8. The molecule has 1 saturated heterocycles. The number of ether oxygens (including phenoxy) is 2. The summed E-state index contributed by atoms with van der Waals surface area (Å²) in [7, 11) is 0. The second-order valence-corrected chi connectivity index (χ2v) is 8.31. The van der Waals surface area contributed by atoms with E-state index < -0.39 is 6.10 Å². The number of benzene rings is 2. The Balaban J connectivity index is 1.30. The zero-order chi connectivity index (χ0) is 20.4. The van der Waals surface area contributed by atoms with Crippen molar-refractivity contribution in [2.45, 2.75) is 13.0 Å². The number of nitrogens with one attached hydrogen (secondary N) is 1. The van der Waals surface area contributed by atoms with Gasteiger partial charge in [0.05, 0.1) is 0 Å². The van der Waals surface area contributed by atoms with Gasteiger partial charge in [0, 0.05) is 36.3 Å². The van der Waals surface area contributed by atoms with Crippen LogP contribution in [0.5, 0.6) is 11.5 Å². The van der Waals surface area contributed by atoms with Gasteiger partial charge >= 0.3 is 0 Å². The van der Waals surface area contributed by atoms with Crippen LogP contribution in [0.3, 0.4) is 0 Å². The number of rotatable bonds is 2. The summed E-state index contributed by atoms with van der Waals surface area (Å²) < 4.78 is 12.6. The molecule has 0 aliphatic carbocycles. The van der Waals surface area contributed by atoms with Crippen molar-refractivity contribution in [3.63, 3.8) is 0 Å². The second-order valence-electron chi connectivity index (χ2n) is 7.07. The summed E-state index contributed by atoms with van der Waals surface area (Å²) in [6.45, 7) is 4.83. The van der Waals surface area contributed by atoms with Crippen molar-refractivity contribution in [3.8, 4) is 11.5 Å². The molecule has 6 nitrogen and oxygen atoms in total. The summed E-state index contributed by atoms with van der Waals surface area (Å²) in [5.41, 5.74) is 2.10. The third kappa shape index (κ3) is 4.48. The van der Waals surface area contributed by atoms with Gasteiger partial charge < -0.3 is 24.6 Å². The molecule has 2 aliphatic heterocycles. The van der Waals surface area contributed by atoms with Gasteiger partial charge in [0.15, 0.2) is 16.6 Å². The topological polar surface area (TPSA) is 54.0 Å². The zero-order valence-electron chi connectivity index (χ0n) is 16.1. The molecule has 1 amide bonds.